The van der Waals surface area contributed by atoms with E-state index in [1.165, 1.54) is 0 Å². The third kappa shape index (κ3) is 2.32. The van der Waals surface area contributed by atoms with Crippen LogP contribution in [0.2, 0.25) is 0 Å². The molecule has 0 aliphatic carbocycles. The van der Waals surface area contributed by atoms with Gasteiger partial charge in [-0.3, -0.25) is 0 Å². The van der Waals surface area contributed by atoms with E-state index in [2.05, 4.69) is 11.1 Å². The Morgan fingerprint density at radius 3 is 2.60 bits per heavy atom. The Morgan fingerprint density at radius 2 is 1.85 bits per heavy atom. The average Bonchev–Trinajstić information content (AvgIpc) is 2.47. The quantitative estimate of drug-likeness (QED) is 0.693. The molecule has 0 fully saturated rings. The highest BCUT2D eigenvalue weighted by molar-refractivity contribution is 5.81. The Balaban J connectivity index is 2.11. The highest BCUT2D eigenvalue weighted by Gasteiger charge is 2.09. The second-order valence-electron chi connectivity index (χ2n) is 4.56. The summed E-state index contributed by atoms with van der Waals surface area (Å²) in [5.41, 5.74) is 2.39. The summed E-state index contributed by atoms with van der Waals surface area (Å²) in [5, 5.41) is 10.2. The van der Waals surface area contributed by atoms with Crippen molar-refractivity contribution in [1.29, 1.82) is 5.26 Å². The topological polar surface area (TPSA) is 45.9 Å². The summed E-state index contributed by atoms with van der Waals surface area (Å²) < 4.78 is 5.71. The van der Waals surface area contributed by atoms with Gasteiger partial charge in [-0.2, -0.15) is 5.26 Å². The highest BCUT2D eigenvalue weighted by Crippen LogP contribution is 2.26. The lowest BCUT2D eigenvalue weighted by molar-refractivity contribution is 0.463. The van der Waals surface area contributed by atoms with Crippen LogP contribution >= 0.6 is 0 Å². The molecular weight excluding hydrogens is 248 g/mol. The van der Waals surface area contributed by atoms with Gasteiger partial charge in [0.2, 0.25) is 5.88 Å². The zero-order valence-corrected chi connectivity index (χ0v) is 11.0. The van der Waals surface area contributed by atoms with E-state index in [4.69, 9.17) is 4.74 Å². The molecule has 0 saturated heterocycles. The number of rotatable bonds is 2. The van der Waals surface area contributed by atoms with Crippen LogP contribution in [0.4, 0.5) is 0 Å². The summed E-state index contributed by atoms with van der Waals surface area (Å²) >= 11 is 0. The zero-order valence-electron chi connectivity index (χ0n) is 11.0. The van der Waals surface area contributed by atoms with Crippen LogP contribution in [0.3, 0.4) is 0 Å². The second-order valence-corrected chi connectivity index (χ2v) is 4.56. The number of ether oxygens (including phenoxy) is 1. The van der Waals surface area contributed by atoms with Gasteiger partial charge in [-0.25, -0.2) is 4.98 Å². The van der Waals surface area contributed by atoms with Gasteiger partial charge in [0.15, 0.2) is 0 Å². The number of fused-ring (bicyclic) bond motifs is 1. The minimum atomic E-state index is 0.344. The molecule has 3 aromatic rings. The van der Waals surface area contributed by atoms with E-state index in [1.54, 1.807) is 6.07 Å². The van der Waals surface area contributed by atoms with Crippen LogP contribution in [0, 0.1) is 18.3 Å². The molecular formula is C17H12N2O. The number of benzene rings is 2. The molecule has 2 aromatic carbocycles. The first-order chi connectivity index (χ1) is 9.76. The predicted octanol–water partition coefficient (Wildman–Crippen LogP) is 4.21. The number of para-hydroxylation sites is 1. The van der Waals surface area contributed by atoms with Gasteiger partial charge in [-0.1, -0.05) is 30.3 Å². The molecule has 0 radical (unpaired) electrons. The van der Waals surface area contributed by atoms with Gasteiger partial charge < -0.3 is 4.74 Å². The highest BCUT2D eigenvalue weighted by atomic mass is 16.5. The number of hydrogen-bond donors (Lipinski definition) is 0. The van der Waals surface area contributed by atoms with Crippen molar-refractivity contribution in [2.45, 2.75) is 6.92 Å². The third-order valence-electron chi connectivity index (χ3n) is 3.02. The lowest BCUT2D eigenvalue weighted by Gasteiger charge is -2.08. The van der Waals surface area contributed by atoms with E-state index in [0.717, 1.165) is 16.5 Å². The Bertz CT molecular complexity index is 804. The minimum absolute atomic E-state index is 0.344. The van der Waals surface area contributed by atoms with E-state index >= 15 is 0 Å². The fourth-order valence-corrected chi connectivity index (χ4v) is 2.02. The summed E-state index contributed by atoms with van der Waals surface area (Å²) in [6.07, 6.45) is 0. The summed E-state index contributed by atoms with van der Waals surface area (Å²) in [5.74, 6) is 1.01. The van der Waals surface area contributed by atoms with Crippen LogP contribution in [0.1, 0.15) is 11.1 Å². The number of aryl methyl sites for hydroxylation is 1. The molecule has 0 bridgehead atoms. The van der Waals surface area contributed by atoms with Gasteiger partial charge in [0.1, 0.15) is 17.4 Å². The largest absolute Gasteiger partial charge is 0.438 e. The number of pyridine rings is 1. The van der Waals surface area contributed by atoms with E-state index < -0.39 is 0 Å². The predicted molar refractivity (Wildman–Crippen MR) is 77.7 cm³/mol. The van der Waals surface area contributed by atoms with Crippen molar-refractivity contribution in [1.82, 2.24) is 4.98 Å². The van der Waals surface area contributed by atoms with E-state index in [1.807, 2.05) is 55.5 Å². The number of hydrogen-bond acceptors (Lipinski definition) is 3. The summed E-state index contributed by atoms with van der Waals surface area (Å²) in [6, 6.07) is 19.2. The molecule has 1 heterocycles. The summed E-state index contributed by atoms with van der Waals surface area (Å²) in [4.78, 5) is 4.46. The summed E-state index contributed by atoms with van der Waals surface area (Å²) in [6.45, 7) is 2.01. The van der Waals surface area contributed by atoms with Crippen LogP contribution in [0.25, 0.3) is 10.9 Å². The van der Waals surface area contributed by atoms with Crippen LogP contribution in [-0.4, -0.2) is 4.98 Å². The maximum atomic E-state index is 9.24. The molecule has 1 aromatic heterocycles. The van der Waals surface area contributed by atoms with Gasteiger partial charge in [-0.15, -0.1) is 0 Å². The minimum Gasteiger partial charge on any atom is -0.438 e. The van der Waals surface area contributed by atoms with Gasteiger partial charge in [0.25, 0.3) is 0 Å². The van der Waals surface area contributed by atoms with E-state index in [9.17, 15) is 5.26 Å². The first kappa shape index (κ1) is 12.2. The van der Waals surface area contributed by atoms with Crippen molar-refractivity contribution >= 4 is 10.9 Å². The third-order valence-corrected chi connectivity index (χ3v) is 3.02. The normalized spacial score (nSPS) is 10.2. The first-order valence-electron chi connectivity index (χ1n) is 6.31. The Labute approximate surface area is 117 Å². The molecule has 0 aliphatic rings. The van der Waals surface area contributed by atoms with Gasteiger partial charge >= 0.3 is 0 Å². The number of aromatic nitrogens is 1. The van der Waals surface area contributed by atoms with E-state index in [-0.39, 0.29) is 0 Å². The van der Waals surface area contributed by atoms with Crippen molar-refractivity contribution in [2.24, 2.45) is 0 Å². The monoisotopic (exact) mass is 260 g/mol. The molecule has 96 valence electrons. The first-order valence-corrected chi connectivity index (χ1v) is 6.31. The molecule has 20 heavy (non-hydrogen) atoms. The van der Waals surface area contributed by atoms with Crippen LogP contribution < -0.4 is 4.74 Å². The Hall–Kier alpha value is -2.86. The molecule has 0 atom stereocenters. The van der Waals surface area contributed by atoms with Crippen molar-refractivity contribution in [2.75, 3.05) is 0 Å². The Morgan fingerprint density at radius 1 is 1.05 bits per heavy atom. The molecule has 3 nitrogen and oxygen atoms in total. The molecule has 0 aliphatic heterocycles. The second kappa shape index (κ2) is 5.02. The van der Waals surface area contributed by atoms with E-state index in [0.29, 0.717) is 17.2 Å². The standard InChI is InChI=1S/C17H12N2O/c1-12-7-8-13-10-14(11-18)17(19-16(13)9-12)20-15-5-3-2-4-6-15/h2-10H,1H3. The van der Waals surface area contributed by atoms with Crippen molar-refractivity contribution in [3.63, 3.8) is 0 Å². The fraction of sp³-hybridized carbons (Fsp3) is 0.0588. The van der Waals surface area contributed by atoms with Crippen LogP contribution in [0.5, 0.6) is 11.6 Å². The van der Waals surface area contributed by atoms with Gasteiger partial charge in [0.05, 0.1) is 5.52 Å². The van der Waals surface area contributed by atoms with Crippen molar-refractivity contribution in [3.8, 4) is 17.7 Å². The SMILES string of the molecule is Cc1ccc2cc(C#N)c(Oc3ccccc3)nc2c1. The lowest BCUT2D eigenvalue weighted by Crippen LogP contribution is -1.93. The van der Waals surface area contributed by atoms with Crippen LogP contribution in [-0.2, 0) is 0 Å². The molecule has 3 rings (SSSR count). The smallest absolute Gasteiger partial charge is 0.237 e. The van der Waals surface area contributed by atoms with Gasteiger partial charge in [-0.05, 0) is 36.8 Å². The van der Waals surface area contributed by atoms with Crippen molar-refractivity contribution in [3.05, 3.63) is 65.7 Å². The molecule has 0 N–H and O–H groups in total. The molecule has 3 heteroatoms. The molecule has 0 saturated carbocycles. The lowest BCUT2D eigenvalue weighted by atomic mass is 10.1. The zero-order chi connectivity index (χ0) is 13.9. The molecule has 0 amide bonds. The number of nitrogens with zero attached hydrogens (tertiary/aromatic N) is 2. The average molecular weight is 260 g/mol. The molecule has 0 spiro atoms. The maximum absolute atomic E-state index is 9.24. The summed E-state index contributed by atoms with van der Waals surface area (Å²) in [7, 11) is 0. The maximum Gasteiger partial charge on any atom is 0.237 e. The molecule has 0 unspecified atom stereocenters. The Kier molecular flexibility index (Phi) is 3.06. The fourth-order valence-electron chi connectivity index (χ4n) is 2.02. The van der Waals surface area contributed by atoms with Crippen LogP contribution in [0.15, 0.2) is 54.6 Å². The van der Waals surface area contributed by atoms with Crippen molar-refractivity contribution < 1.29 is 4.74 Å². The number of nitriles is 1. The van der Waals surface area contributed by atoms with Gasteiger partial charge in [0, 0.05) is 5.39 Å².